The normalized spacial score (nSPS) is 14.9. The lowest BCUT2D eigenvalue weighted by Gasteiger charge is -2.34. The molecule has 0 unspecified atom stereocenters. The third-order valence-electron chi connectivity index (χ3n) is 4.65. The predicted molar refractivity (Wildman–Crippen MR) is 103 cm³/mol. The number of thiophene rings is 1. The minimum absolute atomic E-state index is 0.0477. The van der Waals surface area contributed by atoms with Gasteiger partial charge in [-0.2, -0.15) is 11.3 Å². The van der Waals surface area contributed by atoms with Crippen LogP contribution in [0, 0.1) is 0 Å². The number of rotatable bonds is 6. The molecular formula is C19H20N4O4S. The number of amides is 2. The summed E-state index contributed by atoms with van der Waals surface area (Å²) in [4.78, 5) is 28.6. The first-order chi connectivity index (χ1) is 13.7. The number of piperazine rings is 1. The van der Waals surface area contributed by atoms with Gasteiger partial charge in [0.05, 0.1) is 6.26 Å². The van der Waals surface area contributed by atoms with Gasteiger partial charge in [-0.1, -0.05) is 5.16 Å². The Labute approximate surface area is 165 Å². The Morgan fingerprint density at radius 1 is 1.18 bits per heavy atom. The molecule has 8 nitrogen and oxygen atoms in total. The highest BCUT2D eigenvalue weighted by molar-refractivity contribution is 7.08. The van der Waals surface area contributed by atoms with Crippen LogP contribution < -0.4 is 5.32 Å². The molecule has 0 aromatic carbocycles. The first-order valence-electron chi connectivity index (χ1n) is 9.03. The average Bonchev–Trinajstić information content (AvgIpc) is 3.50. The summed E-state index contributed by atoms with van der Waals surface area (Å²) in [6.45, 7) is 4.06. The van der Waals surface area contributed by atoms with Gasteiger partial charge >= 0.3 is 0 Å². The van der Waals surface area contributed by atoms with Gasteiger partial charge in [0, 0.05) is 56.3 Å². The van der Waals surface area contributed by atoms with Gasteiger partial charge in [-0.25, -0.2) is 0 Å². The molecule has 2 amide bonds. The molecule has 0 radical (unpaired) electrons. The Bertz CT molecular complexity index is 912. The highest BCUT2D eigenvalue weighted by Crippen LogP contribution is 2.21. The maximum atomic E-state index is 12.6. The number of carbonyl (C=O) groups excluding carboxylic acids is 2. The minimum atomic E-state index is -0.146. The molecule has 1 aliphatic rings. The van der Waals surface area contributed by atoms with Crippen LogP contribution >= 0.6 is 11.3 Å². The minimum Gasteiger partial charge on any atom is -0.461 e. The second-order valence-corrected chi connectivity index (χ2v) is 7.24. The molecule has 28 heavy (non-hydrogen) atoms. The molecule has 3 aromatic heterocycles. The van der Waals surface area contributed by atoms with Crippen molar-refractivity contribution in [2.45, 2.75) is 0 Å². The van der Waals surface area contributed by atoms with Crippen molar-refractivity contribution in [2.75, 3.05) is 39.3 Å². The molecule has 0 bridgehead atoms. The van der Waals surface area contributed by atoms with Crippen molar-refractivity contribution >= 4 is 23.2 Å². The molecule has 0 aliphatic carbocycles. The molecule has 1 fully saturated rings. The molecule has 0 atom stereocenters. The van der Waals surface area contributed by atoms with E-state index >= 15 is 0 Å². The van der Waals surface area contributed by atoms with Crippen LogP contribution in [0.1, 0.15) is 20.8 Å². The van der Waals surface area contributed by atoms with Crippen LogP contribution in [0.25, 0.3) is 11.5 Å². The van der Waals surface area contributed by atoms with Gasteiger partial charge < -0.3 is 19.2 Å². The molecule has 3 aromatic rings. The molecule has 1 saturated heterocycles. The quantitative estimate of drug-likeness (QED) is 0.682. The van der Waals surface area contributed by atoms with Gasteiger partial charge in [0.15, 0.2) is 11.5 Å². The SMILES string of the molecule is O=C(NCCN1CCN(C(=O)c2cc(-c3ccco3)on2)CC1)c1ccsc1. The van der Waals surface area contributed by atoms with E-state index in [2.05, 4.69) is 15.4 Å². The number of hydrogen-bond donors (Lipinski definition) is 1. The van der Waals surface area contributed by atoms with Crippen LogP contribution in [0.4, 0.5) is 0 Å². The first-order valence-corrected chi connectivity index (χ1v) is 9.97. The van der Waals surface area contributed by atoms with E-state index in [9.17, 15) is 9.59 Å². The average molecular weight is 400 g/mol. The van der Waals surface area contributed by atoms with Crippen LogP contribution in [-0.4, -0.2) is 66.0 Å². The molecule has 1 aliphatic heterocycles. The fourth-order valence-corrected chi connectivity index (χ4v) is 3.71. The number of carbonyl (C=O) groups is 2. The smallest absolute Gasteiger partial charge is 0.276 e. The Kier molecular flexibility index (Phi) is 5.54. The topological polar surface area (TPSA) is 91.8 Å². The fraction of sp³-hybridized carbons (Fsp3) is 0.316. The molecule has 1 N–H and O–H groups in total. The van der Waals surface area contributed by atoms with Gasteiger partial charge in [0.1, 0.15) is 0 Å². The van der Waals surface area contributed by atoms with E-state index in [1.165, 1.54) is 11.3 Å². The monoisotopic (exact) mass is 400 g/mol. The zero-order chi connectivity index (χ0) is 19.3. The molecule has 0 saturated carbocycles. The number of hydrogen-bond acceptors (Lipinski definition) is 7. The number of nitrogens with one attached hydrogen (secondary N) is 1. The first kappa shape index (κ1) is 18.5. The zero-order valence-corrected chi connectivity index (χ0v) is 16.0. The van der Waals surface area contributed by atoms with Crippen LogP contribution in [0.5, 0.6) is 0 Å². The van der Waals surface area contributed by atoms with Crippen molar-refractivity contribution < 1.29 is 18.5 Å². The molecule has 9 heteroatoms. The van der Waals surface area contributed by atoms with Crippen LogP contribution in [0.2, 0.25) is 0 Å². The number of nitrogens with zero attached hydrogens (tertiary/aromatic N) is 3. The van der Waals surface area contributed by atoms with E-state index in [4.69, 9.17) is 8.94 Å². The molecular weight excluding hydrogens is 380 g/mol. The highest BCUT2D eigenvalue weighted by atomic mass is 32.1. The van der Waals surface area contributed by atoms with E-state index in [0.29, 0.717) is 36.7 Å². The maximum Gasteiger partial charge on any atom is 0.276 e. The third-order valence-corrected chi connectivity index (χ3v) is 5.33. The molecule has 0 spiro atoms. The van der Waals surface area contributed by atoms with Crippen molar-refractivity contribution in [1.82, 2.24) is 20.3 Å². The number of furan rings is 1. The van der Waals surface area contributed by atoms with Crippen LogP contribution in [0.3, 0.4) is 0 Å². The lowest BCUT2D eigenvalue weighted by molar-refractivity contribution is 0.0628. The summed E-state index contributed by atoms with van der Waals surface area (Å²) in [5, 5.41) is 10.5. The van der Waals surface area contributed by atoms with E-state index in [-0.39, 0.29) is 17.5 Å². The van der Waals surface area contributed by atoms with Crippen molar-refractivity contribution in [3.8, 4) is 11.5 Å². The molecule has 146 valence electrons. The summed E-state index contributed by atoms with van der Waals surface area (Å²) in [5.74, 6) is 0.787. The van der Waals surface area contributed by atoms with Gasteiger partial charge in [0.2, 0.25) is 5.76 Å². The van der Waals surface area contributed by atoms with E-state index in [0.717, 1.165) is 19.6 Å². The Balaban J connectivity index is 1.23. The second-order valence-electron chi connectivity index (χ2n) is 6.46. The van der Waals surface area contributed by atoms with E-state index < -0.39 is 0 Å². The summed E-state index contributed by atoms with van der Waals surface area (Å²) in [6.07, 6.45) is 1.54. The lowest BCUT2D eigenvalue weighted by Crippen LogP contribution is -2.50. The predicted octanol–water partition coefficient (Wildman–Crippen LogP) is 2.18. The summed E-state index contributed by atoms with van der Waals surface area (Å²) < 4.78 is 10.5. The van der Waals surface area contributed by atoms with Gasteiger partial charge in [-0.3, -0.25) is 14.5 Å². The Hall–Kier alpha value is -2.91. The number of aromatic nitrogens is 1. The molecule has 4 heterocycles. The van der Waals surface area contributed by atoms with Crippen molar-refractivity contribution in [3.63, 3.8) is 0 Å². The van der Waals surface area contributed by atoms with Crippen LogP contribution in [0.15, 0.2) is 50.2 Å². The Morgan fingerprint density at radius 3 is 2.75 bits per heavy atom. The summed E-state index contributed by atoms with van der Waals surface area (Å²) >= 11 is 1.51. The molecule has 4 rings (SSSR count). The van der Waals surface area contributed by atoms with E-state index in [1.807, 2.05) is 16.8 Å². The summed E-state index contributed by atoms with van der Waals surface area (Å²) in [5.41, 5.74) is 0.977. The summed E-state index contributed by atoms with van der Waals surface area (Å²) in [7, 11) is 0. The van der Waals surface area contributed by atoms with Crippen molar-refractivity contribution in [2.24, 2.45) is 0 Å². The van der Waals surface area contributed by atoms with Crippen molar-refractivity contribution in [3.05, 3.63) is 52.5 Å². The maximum absolute atomic E-state index is 12.6. The van der Waals surface area contributed by atoms with Crippen molar-refractivity contribution in [1.29, 1.82) is 0 Å². The summed E-state index contributed by atoms with van der Waals surface area (Å²) in [6, 6.07) is 6.92. The second kappa shape index (κ2) is 8.41. The fourth-order valence-electron chi connectivity index (χ4n) is 3.07. The zero-order valence-electron chi connectivity index (χ0n) is 15.2. The van der Waals surface area contributed by atoms with Gasteiger partial charge in [-0.05, 0) is 23.6 Å². The third kappa shape index (κ3) is 4.15. The van der Waals surface area contributed by atoms with Gasteiger partial charge in [-0.15, -0.1) is 0 Å². The highest BCUT2D eigenvalue weighted by Gasteiger charge is 2.25. The van der Waals surface area contributed by atoms with E-state index in [1.54, 1.807) is 29.4 Å². The lowest BCUT2D eigenvalue weighted by atomic mass is 10.2. The van der Waals surface area contributed by atoms with Gasteiger partial charge in [0.25, 0.3) is 11.8 Å². The largest absolute Gasteiger partial charge is 0.461 e. The van der Waals surface area contributed by atoms with Crippen LogP contribution in [-0.2, 0) is 0 Å². The standard InChI is InChI=1S/C19H20N4O4S/c24-18(14-3-11-28-13-14)20-4-5-22-6-8-23(9-7-22)19(25)15-12-17(27-21-15)16-2-1-10-26-16/h1-3,10-13H,4-9H2,(H,20,24). The Morgan fingerprint density at radius 2 is 2.04 bits per heavy atom.